The number of pyridine rings is 1. The Labute approximate surface area is 171 Å². The molecule has 0 atom stereocenters. The standard InChI is InChI=1S/C19H20N10O/c20-27-19-18(21-7-13-1-2-17-23-12-25-29(17)10-13)26-16(9-22-19)14-8-24-28(11-14)15-3-5-30-6-4-15/h1-2,8-12,15,20H,3-7H2,(H,21,26). The fraction of sp³-hybridized carbons (Fsp3) is 0.316. The summed E-state index contributed by atoms with van der Waals surface area (Å²) in [7, 11) is 0. The maximum Gasteiger partial charge on any atom is 0.216 e. The largest absolute Gasteiger partial charge is 0.381 e. The van der Waals surface area contributed by atoms with Gasteiger partial charge in [0.05, 0.1) is 24.1 Å². The number of hydrogen-bond donors (Lipinski definition) is 2. The molecular weight excluding hydrogens is 384 g/mol. The van der Waals surface area contributed by atoms with Gasteiger partial charge in [0.15, 0.2) is 11.5 Å². The highest BCUT2D eigenvalue weighted by Crippen LogP contribution is 2.27. The van der Waals surface area contributed by atoms with Crippen molar-refractivity contribution in [2.45, 2.75) is 25.4 Å². The van der Waals surface area contributed by atoms with Gasteiger partial charge >= 0.3 is 0 Å². The Morgan fingerprint density at radius 2 is 2.03 bits per heavy atom. The van der Waals surface area contributed by atoms with Crippen molar-refractivity contribution in [2.24, 2.45) is 5.11 Å². The average Bonchev–Trinajstić information content (AvgIpc) is 3.47. The van der Waals surface area contributed by atoms with Crippen molar-refractivity contribution in [1.82, 2.24) is 34.3 Å². The predicted octanol–water partition coefficient (Wildman–Crippen LogP) is 3.01. The molecular formula is C19H20N10O. The average molecular weight is 404 g/mol. The second-order valence-corrected chi connectivity index (χ2v) is 7.05. The van der Waals surface area contributed by atoms with Crippen LogP contribution in [0.3, 0.4) is 0 Å². The fourth-order valence-corrected chi connectivity index (χ4v) is 3.49. The van der Waals surface area contributed by atoms with Gasteiger partial charge in [-0.3, -0.25) is 4.68 Å². The third-order valence-electron chi connectivity index (χ3n) is 5.12. The van der Waals surface area contributed by atoms with E-state index < -0.39 is 0 Å². The Bertz CT molecular complexity index is 1180. The van der Waals surface area contributed by atoms with Crippen LogP contribution >= 0.6 is 0 Å². The second kappa shape index (κ2) is 7.95. The first kappa shape index (κ1) is 18.3. The highest BCUT2D eigenvalue weighted by molar-refractivity contribution is 5.64. The van der Waals surface area contributed by atoms with E-state index in [9.17, 15) is 0 Å². The van der Waals surface area contributed by atoms with Crippen LogP contribution in [0.15, 0.2) is 48.4 Å². The topological polar surface area (TPSA) is 131 Å². The molecule has 1 aliphatic rings. The summed E-state index contributed by atoms with van der Waals surface area (Å²) in [4.78, 5) is 13.1. The number of nitrogens with zero attached hydrogens (tertiary/aromatic N) is 8. The maximum atomic E-state index is 7.40. The predicted molar refractivity (Wildman–Crippen MR) is 107 cm³/mol. The van der Waals surface area contributed by atoms with Crippen LogP contribution in [-0.4, -0.2) is 47.6 Å². The van der Waals surface area contributed by atoms with E-state index in [-0.39, 0.29) is 5.82 Å². The number of ether oxygens (including phenoxy) is 1. The van der Waals surface area contributed by atoms with Crippen LogP contribution in [0.1, 0.15) is 24.4 Å². The maximum absolute atomic E-state index is 7.40. The minimum Gasteiger partial charge on any atom is -0.381 e. The molecule has 0 bridgehead atoms. The molecule has 5 rings (SSSR count). The van der Waals surface area contributed by atoms with E-state index in [0.29, 0.717) is 24.1 Å². The molecule has 0 saturated carbocycles. The Morgan fingerprint density at radius 1 is 1.13 bits per heavy atom. The Balaban J connectivity index is 1.36. The Kier molecular flexibility index (Phi) is 4.85. The molecule has 152 valence electrons. The van der Waals surface area contributed by atoms with Crippen LogP contribution in [-0.2, 0) is 11.3 Å². The van der Waals surface area contributed by atoms with Gasteiger partial charge in [0, 0.05) is 37.7 Å². The first-order valence-corrected chi connectivity index (χ1v) is 9.69. The zero-order valence-corrected chi connectivity index (χ0v) is 16.1. The molecule has 1 fully saturated rings. The zero-order chi connectivity index (χ0) is 20.3. The summed E-state index contributed by atoms with van der Waals surface area (Å²) < 4.78 is 9.11. The van der Waals surface area contributed by atoms with E-state index >= 15 is 0 Å². The lowest BCUT2D eigenvalue weighted by Gasteiger charge is -2.22. The molecule has 4 aromatic rings. The van der Waals surface area contributed by atoms with E-state index in [2.05, 4.69) is 35.6 Å². The number of rotatable bonds is 6. The Morgan fingerprint density at radius 3 is 2.90 bits per heavy atom. The highest BCUT2D eigenvalue weighted by Gasteiger charge is 2.17. The van der Waals surface area contributed by atoms with Crippen LogP contribution in [0.2, 0.25) is 0 Å². The summed E-state index contributed by atoms with van der Waals surface area (Å²) >= 11 is 0. The lowest BCUT2D eigenvalue weighted by molar-refractivity contribution is 0.0662. The first-order valence-electron chi connectivity index (χ1n) is 9.69. The summed E-state index contributed by atoms with van der Waals surface area (Å²) in [5.41, 5.74) is 10.7. The number of nitrogens with one attached hydrogen (secondary N) is 2. The molecule has 0 spiro atoms. The van der Waals surface area contributed by atoms with E-state index in [4.69, 9.17) is 10.3 Å². The van der Waals surface area contributed by atoms with Crippen molar-refractivity contribution in [2.75, 3.05) is 18.5 Å². The molecule has 2 N–H and O–H groups in total. The quantitative estimate of drug-likeness (QED) is 0.472. The zero-order valence-electron chi connectivity index (χ0n) is 16.1. The third-order valence-corrected chi connectivity index (χ3v) is 5.12. The van der Waals surface area contributed by atoms with Crippen molar-refractivity contribution in [1.29, 1.82) is 5.53 Å². The molecule has 0 amide bonds. The van der Waals surface area contributed by atoms with E-state index in [1.165, 1.54) is 6.33 Å². The van der Waals surface area contributed by atoms with Crippen LogP contribution < -0.4 is 5.32 Å². The van der Waals surface area contributed by atoms with Crippen molar-refractivity contribution < 1.29 is 4.74 Å². The van der Waals surface area contributed by atoms with Gasteiger partial charge in [0.2, 0.25) is 5.82 Å². The van der Waals surface area contributed by atoms with Crippen LogP contribution in [0.25, 0.3) is 16.9 Å². The van der Waals surface area contributed by atoms with E-state index in [0.717, 1.165) is 42.8 Å². The molecule has 5 heterocycles. The lowest BCUT2D eigenvalue weighted by Crippen LogP contribution is -2.19. The normalized spacial score (nSPS) is 14.8. The lowest BCUT2D eigenvalue weighted by atomic mass is 10.1. The van der Waals surface area contributed by atoms with Crippen molar-refractivity contribution >= 4 is 17.3 Å². The van der Waals surface area contributed by atoms with Gasteiger partial charge in [0.1, 0.15) is 6.33 Å². The van der Waals surface area contributed by atoms with E-state index in [1.807, 2.05) is 29.2 Å². The smallest absolute Gasteiger partial charge is 0.216 e. The van der Waals surface area contributed by atoms with Crippen molar-refractivity contribution in [3.63, 3.8) is 0 Å². The summed E-state index contributed by atoms with van der Waals surface area (Å²) in [5.74, 6) is 0.678. The molecule has 1 saturated heterocycles. The van der Waals surface area contributed by atoms with Gasteiger partial charge in [-0.25, -0.2) is 25.0 Å². The molecule has 30 heavy (non-hydrogen) atoms. The molecule has 0 aliphatic carbocycles. The molecule has 11 nitrogen and oxygen atoms in total. The summed E-state index contributed by atoms with van der Waals surface area (Å²) in [5, 5.41) is 15.4. The first-order chi connectivity index (χ1) is 14.8. The number of fused-ring (bicyclic) bond motifs is 1. The molecule has 11 heteroatoms. The second-order valence-electron chi connectivity index (χ2n) is 7.05. The van der Waals surface area contributed by atoms with Gasteiger partial charge < -0.3 is 10.1 Å². The highest BCUT2D eigenvalue weighted by atomic mass is 16.5. The molecule has 4 aromatic heterocycles. The Hall–Kier alpha value is -3.73. The van der Waals surface area contributed by atoms with Gasteiger partial charge in [-0.1, -0.05) is 6.07 Å². The minimum absolute atomic E-state index is 0.234. The minimum atomic E-state index is 0.234. The van der Waals surface area contributed by atoms with Gasteiger partial charge in [-0.05, 0) is 24.5 Å². The van der Waals surface area contributed by atoms with Gasteiger partial charge in [-0.15, -0.1) is 5.11 Å². The number of hydrogen-bond acceptors (Lipinski definition) is 9. The van der Waals surface area contributed by atoms with Crippen LogP contribution in [0.5, 0.6) is 0 Å². The number of anilines is 1. The molecule has 0 unspecified atom stereocenters. The third kappa shape index (κ3) is 3.62. The monoisotopic (exact) mass is 404 g/mol. The van der Waals surface area contributed by atoms with Crippen LogP contribution in [0, 0.1) is 5.53 Å². The van der Waals surface area contributed by atoms with E-state index in [1.54, 1.807) is 16.9 Å². The van der Waals surface area contributed by atoms with Gasteiger partial charge in [0.25, 0.3) is 0 Å². The summed E-state index contributed by atoms with van der Waals surface area (Å²) in [6, 6.07) is 4.20. The van der Waals surface area contributed by atoms with Crippen molar-refractivity contribution in [3.05, 3.63) is 48.8 Å². The SMILES string of the molecule is N=Nc1ncc(-c2cnn(C3CCOCC3)c2)nc1NCc1ccc2ncnn2c1. The van der Waals surface area contributed by atoms with Gasteiger partial charge in [-0.2, -0.15) is 10.2 Å². The number of aromatic nitrogens is 7. The molecule has 1 aliphatic heterocycles. The summed E-state index contributed by atoms with van der Waals surface area (Å²) in [6.07, 6.45) is 10.7. The fourth-order valence-electron chi connectivity index (χ4n) is 3.49. The summed E-state index contributed by atoms with van der Waals surface area (Å²) in [6.45, 7) is 2.00. The van der Waals surface area contributed by atoms with Crippen molar-refractivity contribution in [3.8, 4) is 11.3 Å². The van der Waals surface area contributed by atoms with Crippen LogP contribution in [0.4, 0.5) is 11.6 Å². The molecule has 0 aromatic carbocycles. The molecule has 0 radical (unpaired) electrons.